The molecule has 0 saturated carbocycles. The van der Waals surface area contributed by atoms with Gasteiger partial charge in [0.05, 0.1) is 75.2 Å². The number of phenols is 3. The van der Waals surface area contributed by atoms with Crippen molar-refractivity contribution in [1.29, 1.82) is 10.5 Å². The molecule has 0 amide bonds. The van der Waals surface area contributed by atoms with Crippen molar-refractivity contribution in [2.24, 2.45) is 0 Å². The van der Waals surface area contributed by atoms with Gasteiger partial charge in [0.25, 0.3) is 0 Å². The average molecular weight is 1640 g/mol. The molecule has 14 aliphatic rings. The molecule has 4 saturated heterocycles. The van der Waals surface area contributed by atoms with E-state index in [1.807, 2.05) is 41.8 Å². The fourth-order valence-corrected chi connectivity index (χ4v) is 24.3. The van der Waals surface area contributed by atoms with Gasteiger partial charge in [0.2, 0.25) is 13.6 Å². The first-order valence-corrected chi connectivity index (χ1v) is 41.4. The van der Waals surface area contributed by atoms with Gasteiger partial charge in [-0.3, -0.25) is 30.2 Å². The van der Waals surface area contributed by atoms with Crippen LogP contribution in [-0.2, 0) is 60.6 Å². The third-order valence-electron chi connectivity index (χ3n) is 25.6. The highest BCUT2D eigenvalue weighted by Gasteiger charge is 2.65. The molecule has 2 spiro atoms. The first kappa shape index (κ1) is 79.3. The van der Waals surface area contributed by atoms with Crippen molar-refractivity contribution >= 4 is 41.6 Å². The molecule has 0 aliphatic carbocycles. The Morgan fingerprint density at radius 2 is 1.02 bits per heavy atom. The van der Waals surface area contributed by atoms with E-state index in [-0.39, 0.29) is 98.1 Å². The number of hydrogen-bond acceptors (Lipinski definition) is 30. The lowest BCUT2D eigenvalue weighted by Crippen LogP contribution is -2.69. The lowest BCUT2D eigenvalue weighted by atomic mass is 9.71. The maximum absolute atomic E-state index is 15.1. The second kappa shape index (κ2) is 30.0. The van der Waals surface area contributed by atoms with Crippen LogP contribution in [0.25, 0.3) is 0 Å². The second-order valence-electron chi connectivity index (χ2n) is 32.7. The number of hydrogen-bond donors (Lipinski definition) is 5. The molecular formula is C87H96N8O20S2. The average Bonchev–Trinajstić information content (AvgIpc) is 1.48. The molecule has 0 aromatic heterocycles. The summed E-state index contributed by atoms with van der Waals surface area (Å²) in [5.41, 5.74) is 9.26. The molecule has 8 bridgehead atoms. The zero-order valence-electron chi connectivity index (χ0n) is 67.6. The number of phenolic OH excluding ortho intramolecular Hbond substituents is 3. The van der Waals surface area contributed by atoms with E-state index in [1.165, 1.54) is 14.2 Å². The number of likely N-dealkylation sites (N-methyl/N-ethyl adjacent to an activating group) is 2. The van der Waals surface area contributed by atoms with Crippen LogP contribution in [0.5, 0.6) is 80.5 Å². The van der Waals surface area contributed by atoms with Gasteiger partial charge in [0.1, 0.15) is 55.6 Å². The predicted octanol–water partition coefficient (Wildman–Crippen LogP) is 10.9. The number of aryl methyl sites for hydroxylation is 2. The van der Waals surface area contributed by atoms with Crippen molar-refractivity contribution in [1.82, 2.24) is 30.2 Å². The SMILES string of the molecule is C=CCOc1c(C)c2c(c3c1[C@H]1SC[C@]4(NCCc5cc(O)c(OC)cc54)C(=O)OC[C@@H]3N3C1[C@H]1c4c(cc(C)c(OC)c4O)C[C@@H]([C@@H]3C#N)N1C)OCO2.C=CCOc1c(C)c2c(c3c1[C@H]1SC[C@]4(NCCc5cc(OC(=O)OC(C)(C)C)c(OC)cc54)C(=O)OC[C@@H]3N3C1[C@H]1c4c(cc(C)c(OC)c4O)C[C@@H]([C@@H]3C#N)N1C)OCO2. The molecule has 5 N–H and O–H groups in total. The van der Waals surface area contributed by atoms with E-state index in [4.69, 9.17) is 66.3 Å². The van der Waals surface area contributed by atoms with Crippen molar-refractivity contribution in [3.8, 4) is 92.6 Å². The van der Waals surface area contributed by atoms with Crippen LogP contribution in [0.3, 0.4) is 0 Å². The summed E-state index contributed by atoms with van der Waals surface area (Å²) in [5, 5.41) is 63.6. The Kier molecular flexibility index (Phi) is 20.4. The van der Waals surface area contributed by atoms with E-state index in [9.17, 15) is 35.4 Å². The van der Waals surface area contributed by atoms with E-state index in [1.54, 1.807) is 94.9 Å². The molecule has 4 fully saturated rings. The number of thioether (sulfide) groups is 2. The Morgan fingerprint density at radius 3 is 1.44 bits per heavy atom. The van der Waals surface area contributed by atoms with Crippen LogP contribution >= 0.6 is 23.5 Å². The van der Waals surface area contributed by atoms with E-state index < -0.39 is 93.6 Å². The predicted molar refractivity (Wildman–Crippen MR) is 430 cm³/mol. The largest absolute Gasteiger partial charge is 0.514 e. The molecule has 0 radical (unpaired) electrons. The van der Waals surface area contributed by atoms with Gasteiger partial charge in [-0.1, -0.05) is 37.4 Å². The summed E-state index contributed by atoms with van der Waals surface area (Å²) in [6.07, 6.45) is 4.65. The topological polar surface area (TPSA) is 326 Å². The monoisotopic (exact) mass is 1640 g/mol. The summed E-state index contributed by atoms with van der Waals surface area (Å²) in [6, 6.07) is 11.4. The van der Waals surface area contributed by atoms with Crippen molar-refractivity contribution in [2.75, 3.05) is 107 Å². The minimum atomic E-state index is -1.39. The van der Waals surface area contributed by atoms with Crippen LogP contribution in [0.4, 0.5) is 4.79 Å². The summed E-state index contributed by atoms with van der Waals surface area (Å²) in [6.45, 7) is 21.9. The Bertz CT molecular complexity index is 5250. The maximum Gasteiger partial charge on any atom is 0.514 e. The van der Waals surface area contributed by atoms with Crippen molar-refractivity contribution in [3.05, 3.63) is 151 Å². The van der Waals surface area contributed by atoms with Gasteiger partial charge in [-0.05, 0) is 157 Å². The summed E-state index contributed by atoms with van der Waals surface area (Å²) >= 11 is 3.12. The Labute approximate surface area is 687 Å². The van der Waals surface area contributed by atoms with Gasteiger partial charge in [-0.2, -0.15) is 10.5 Å². The Hall–Kier alpha value is -10.2. The molecule has 616 valence electrons. The van der Waals surface area contributed by atoms with Gasteiger partial charge < -0.3 is 81.6 Å². The number of aromatic hydroxyl groups is 3. The third-order valence-corrected chi connectivity index (χ3v) is 28.6. The smallest absolute Gasteiger partial charge is 0.504 e. The zero-order valence-corrected chi connectivity index (χ0v) is 69.3. The van der Waals surface area contributed by atoms with Crippen LogP contribution < -0.4 is 62.7 Å². The van der Waals surface area contributed by atoms with E-state index >= 15 is 4.79 Å². The number of benzene rings is 6. The molecule has 6 aromatic carbocycles. The lowest BCUT2D eigenvalue weighted by molar-refractivity contribution is -0.158. The lowest BCUT2D eigenvalue weighted by Gasteiger charge is -2.62. The standard InChI is InChI=1S/C46H52N4O11S.C41H44N4O9S/c1-10-13-56-39-23(3)40-41(59-21-58-40)33-29-19-57-43(52)46(26-17-30(54-8)31(16-24(26)11-12-48-46)60-44(53)61-45(4,5)6)20-62-42(34(33)39)36-35-32-25(14-22(2)38(55-9)37(32)51)15-27(49(35)7)28(18-47)50(29)36;1-7-10-51-36-20(3)37-38(54-18-53-37)30-26-16-52-40(48)41(23-14-28(49-5)27(46)13-21(23)8-9-43-41)17-55-39(31(30)36)33-32-29-22(11-19(2)35(50-6)34(29)47)12-24(44(32)4)25(15-42)45(26)33/h10,14,16-17,27-29,35-36,42,48,51H,1,11-13,15,19-21H2,2-9H3;7,11,13-14,24-26,32-33,39,43,46-47H,1,8-10,12,16-18H2,2-6H3/t27-,28-,29-,35+,36?,42+,46+;24-,25-,26-,32+,33?,39+,41+/m00/s1. The number of nitriles is 2. The fraction of sp³-hybridized carbons (Fsp3) is 0.483. The number of nitrogens with zero attached hydrogens (tertiary/aromatic N) is 6. The van der Waals surface area contributed by atoms with Crippen molar-refractivity contribution in [3.63, 3.8) is 0 Å². The number of piperazine rings is 2. The first-order chi connectivity index (χ1) is 56.3. The molecule has 20 rings (SSSR count). The van der Waals surface area contributed by atoms with Crippen LogP contribution in [-0.4, -0.2) is 202 Å². The number of fused-ring (bicyclic) bond motifs is 18. The third kappa shape index (κ3) is 12.1. The Balaban J connectivity index is 0.000000169. The number of methoxy groups -OCH3 is 4. The number of carbonyl (C=O) groups excluding carboxylic acids is 3. The van der Waals surface area contributed by atoms with Crippen LogP contribution in [0.1, 0.15) is 144 Å². The van der Waals surface area contributed by atoms with Gasteiger partial charge in [-0.15, -0.1) is 23.5 Å². The first-order valence-electron chi connectivity index (χ1n) is 39.3. The van der Waals surface area contributed by atoms with Crippen molar-refractivity contribution < 1.29 is 96.0 Å². The second-order valence-corrected chi connectivity index (χ2v) is 35.0. The molecule has 14 heterocycles. The number of rotatable bonds is 11. The quantitative estimate of drug-likeness (QED) is 0.0348. The van der Waals surface area contributed by atoms with E-state index in [2.05, 4.69) is 67.7 Å². The highest BCUT2D eigenvalue weighted by Crippen LogP contribution is 2.68. The molecule has 28 nitrogen and oxygen atoms in total. The molecule has 30 heteroatoms. The maximum atomic E-state index is 15.1. The molecule has 14 atom stereocenters. The fourth-order valence-electron chi connectivity index (χ4n) is 20.9. The van der Waals surface area contributed by atoms with E-state index in [0.717, 1.165) is 77.9 Å². The summed E-state index contributed by atoms with van der Waals surface area (Å²) in [7, 11) is 10.1. The van der Waals surface area contributed by atoms with Crippen LogP contribution in [0.15, 0.2) is 61.7 Å². The summed E-state index contributed by atoms with van der Waals surface area (Å²) < 4.78 is 85.2. The molecular weight excluding hydrogens is 1540 g/mol. The molecule has 2 unspecified atom stereocenters. The number of esters is 2. The minimum Gasteiger partial charge on any atom is -0.504 e. The Morgan fingerprint density at radius 1 is 0.581 bits per heavy atom. The summed E-state index contributed by atoms with van der Waals surface area (Å²) in [4.78, 5) is 51.6. The summed E-state index contributed by atoms with van der Waals surface area (Å²) in [5.74, 6) is 4.48. The number of carbonyl (C=O) groups is 3. The number of nitrogens with one attached hydrogen (secondary N) is 2. The molecule has 6 aromatic rings. The highest BCUT2D eigenvalue weighted by molar-refractivity contribution is 7.99. The zero-order chi connectivity index (χ0) is 82.5. The van der Waals surface area contributed by atoms with Gasteiger partial charge >= 0.3 is 18.1 Å². The van der Waals surface area contributed by atoms with Gasteiger partial charge in [0, 0.05) is 93.3 Å². The molecule has 117 heavy (non-hydrogen) atoms. The normalized spacial score (nSPS) is 28.0. The van der Waals surface area contributed by atoms with Crippen LogP contribution in [0.2, 0.25) is 0 Å². The highest BCUT2D eigenvalue weighted by atomic mass is 32.2. The number of ether oxygens (including phenoxy) is 14. The van der Waals surface area contributed by atoms with Crippen LogP contribution in [0, 0.1) is 50.4 Å². The molecule has 14 aliphatic heterocycles. The van der Waals surface area contributed by atoms with Gasteiger partial charge in [-0.25, -0.2) is 14.4 Å². The van der Waals surface area contributed by atoms with Gasteiger partial charge in [0.15, 0.2) is 80.1 Å². The van der Waals surface area contributed by atoms with Crippen molar-refractivity contribution in [2.45, 2.75) is 162 Å². The van der Waals surface area contributed by atoms with E-state index in [0.29, 0.717) is 95.9 Å². The minimum absolute atomic E-state index is 0.00199.